The summed E-state index contributed by atoms with van der Waals surface area (Å²) in [5.41, 5.74) is 0.876. The van der Waals surface area contributed by atoms with Gasteiger partial charge in [0.15, 0.2) is 6.29 Å². The van der Waals surface area contributed by atoms with Gasteiger partial charge in [-0.1, -0.05) is 47.5 Å². The number of fused-ring (bicyclic) bond motifs is 5. The molecule has 3 heteroatoms. The molecule has 0 aromatic rings. The molecule has 5 fully saturated rings. The normalized spacial score (nSPS) is 49.6. The van der Waals surface area contributed by atoms with Crippen LogP contribution in [0.5, 0.6) is 0 Å². The first-order chi connectivity index (χ1) is 17.2. The zero-order valence-corrected chi connectivity index (χ0v) is 24.4. The van der Waals surface area contributed by atoms with E-state index in [1.54, 1.807) is 6.92 Å². The van der Waals surface area contributed by atoms with Gasteiger partial charge in [0.1, 0.15) is 5.78 Å². The number of ketones is 1. The van der Waals surface area contributed by atoms with Gasteiger partial charge in [-0.15, -0.1) is 0 Å². The number of carbonyl (C=O) groups excluding carboxylic acids is 1. The Morgan fingerprint density at radius 1 is 1.00 bits per heavy atom. The van der Waals surface area contributed by atoms with Crippen molar-refractivity contribution in [1.82, 2.24) is 0 Å². The lowest BCUT2D eigenvalue weighted by molar-refractivity contribution is -0.270. The fourth-order valence-corrected chi connectivity index (χ4v) is 10.9. The highest BCUT2D eigenvalue weighted by Gasteiger charge is 2.65. The quantitative estimate of drug-likeness (QED) is 0.329. The highest BCUT2D eigenvalue weighted by Crippen LogP contribution is 2.70. The van der Waals surface area contributed by atoms with Gasteiger partial charge in [-0.25, -0.2) is 0 Å². The van der Waals surface area contributed by atoms with Gasteiger partial charge in [0.25, 0.3) is 0 Å². The van der Waals surface area contributed by atoms with E-state index in [1.165, 1.54) is 64.2 Å². The standard InChI is InChI=1S/C33H56O3/c1-7-24-28-20-21(2)15-17-33(28,6)27-16-18-32(5)25(22(3)11-12-23(4)34)13-14-26(32)30(27)31(24)36-29-10-8-9-19-35-29/h21-22,24-31H,7-20H2,1-6H3/t21-,22-,24-,25-,26+,27+,28+,29?,30+,31-,32-,33-/m1/s1. The van der Waals surface area contributed by atoms with E-state index in [0.717, 1.165) is 55.5 Å². The molecule has 0 spiro atoms. The molecule has 1 aliphatic heterocycles. The summed E-state index contributed by atoms with van der Waals surface area (Å²) < 4.78 is 13.4. The van der Waals surface area contributed by atoms with E-state index in [0.29, 0.717) is 40.5 Å². The fraction of sp³-hybridized carbons (Fsp3) is 0.970. The first kappa shape index (κ1) is 27.2. The molecule has 0 aromatic carbocycles. The van der Waals surface area contributed by atoms with Crippen molar-refractivity contribution in [3.8, 4) is 0 Å². The summed E-state index contributed by atoms with van der Waals surface area (Å²) in [6, 6.07) is 0. The number of carbonyl (C=O) groups is 1. The largest absolute Gasteiger partial charge is 0.353 e. The predicted octanol–water partition coefficient (Wildman–Crippen LogP) is 8.44. The van der Waals surface area contributed by atoms with Crippen LogP contribution in [0.25, 0.3) is 0 Å². The first-order valence-electron chi connectivity index (χ1n) is 16.0. The van der Waals surface area contributed by atoms with E-state index in [2.05, 4.69) is 34.6 Å². The number of hydrogen-bond donors (Lipinski definition) is 0. The Balaban J connectivity index is 1.48. The number of ether oxygens (including phenoxy) is 2. The summed E-state index contributed by atoms with van der Waals surface area (Å²) in [4.78, 5) is 11.8. The smallest absolute Gasteiger partial charge is 0.157 e. The Morgan fingerprint density at radius 2 is 1.75 bits per heavy atom. The highest BCUT2D eigenvalue weighted by atomic mass is 16.7. The lowest BCUT2D eigenvalue weighted by Gasteiger charge is -2.66. The molecule has 4 aliphatic carbocycles. The Bertz CT molecular complexity index is 773. The molecule has 0 bridgehead atoms. The molecule has 206 valence electrons. The first-order valence-corrected chi connectivity index (χ1v) is 16.0. The maximum atomic E-state index is 11.8. The maximum Gasteiger partial charge on any atom is 0.157 e. The van der Waals surface area contributed by atoms with Crippen molar-refractivity contribution in [2.45, 2.75) is 137 Å². The molecule has 1 heterocycles. The van der Waals surface area contributed by atoms with E-state index in [4.69, 9.17) is 9.47 Å². The minimum atomic E-state index is 0.0173. The van der Waals surface area contributed by atoms with Crippen LogP contribution in [-0.4, -0.2) is 24.8 Å². The maximum absolute atomic E-state index is 11.8. The predicted molar refractivity (Wildman–Crippen MR) is 146 cm³/mol. The zero-order valence-electron chi connectivity index (χ0n) is 24.4. The minimum Gasteiger partial charge on any atom is -0.353 e. The SMILES string of the molecule is CC[C@H]1[C@@H](OC2CCCCO2)[C@@H]2[C@H](CC[C@]3(C)[C@@H]([C@H](C)CCC(C)=O)CC[C@@H]23)[C@@]2(C)CC[C@@H](C)C[C@@H]12. The summed E-state index contributed by atoms with van der Waals surface area (Å²) in [6.45, 7) is 15.4. The summed E-state index contributed by atoms with van der Waals surface area (Å²) in [7, 11) is 0. The zero-order chi connectivity index (χ0) is 25.7. The molecule has 3 nitrogen and oxygen atoms in total. The van der Waals surface area contributed by atoms with Gasteiger partial charge >= 0.3 is 0 Å². The fourth-order valence-electron chi connectivity index (χ4n) is 10.9. The Morgan fingerprint density at radius 3 is 2.44 bits per heavy atom. The van der Waals surface area contributed by atoms with E-state index in [1.807, 2.05) is 0 Å². The average Bonchev–Trinajstić information content (AvgIpc) is 3.21. The van der Waals surface area contributed by atoms with Crippen molar-refractivity contribution in [2.75, 3.05) is 6.61 Å². The van der Waals surface area contributed by atoms with Crippen LogP contribution in [0.15, 0.2) is 0 Å². The molecule has 0 aromatic heterocycles. The molecule has 4 saturated carbocycles. The van der Waals surface area contributed by atoms with Gasteiger partial charge in [0, 0.05) is 13.0 Å². The molecule has 36 heavy (non-hydrogen) atoms. The van der Waals surface area contributed by atoms with Gasteiger partial charge in [-0.2, -0.15) is 0 Å². The molecule has 0 N–H and O–H groups in total. The Kier molecular flexibility index (Phi) is 8.02. The third-order valence-corrected chi connectivity index (χ3v) is 12.8. The van der Waals surface area contributed by atoms with E-state index in [9.17, 15) is 4.79 Å². The van der Waals surface area contributed by atoms with Crippen molar-refractivity contribution < 1.29 is 14.3 Å². The van der Waals surface area contributed by atoms with Crippen molar-refractivity contribution in [2.24, 2.45) is 58.2 Å². The molecular formula is C33H56O3. The van der Waals surface area contributed by atoms with E-state index in [-0.39, 0.29) is 6.29 Å². The number of hydrogen-bond acceptors (Lipinski definition) is 3. The summed E-state index contributed by atoms with van der Waals surface area (Å²) in [5, 5.41) is 0. The molecule has 1 saturated heterocycles. The van der Waals surface area contributed by atoms with Crippen LogP contribution in [0.3, 0.4) is 0 Å². The lowest BCUT2D eigenvalue weighted by Crippen LogP contribution is -2.62. The Labute approximate surface area is 222 Å². The van der Waals surface area contributed by atoms with Crippen LogP contribution in [0, 0.1) is 58.2 Å². The van der Waals surface area contributed by atoms with E-state index >= 15 is 0 Å². The Hall–Kier alpha value is -0.410. The highest BCUT2D eigenvalue weighted by molar-refractivity contribution is 5.75. The second-order valence-electron chi connectivity index (χ2n) is 14.7. The number of rotatable bonds is 7. The van der Waals surface area contributed by atoms with Crippen molar-refractivity contribution >= 4 is 5.78 Å². The monoisotopic (exact) mass is 500 g/mol. The topological polar surface area (TPSA) is 35.5 Å². The van der Waals surface area contributed by atoms with Gasteiger partial charge in [-0.05, 0) is 129 Å². The summed E-state index contributed by atoms with van der Waals surface area (Å²) >= 11 is 0. The van der Waals surface area contributed by atoms with Crippen molar-refractivity contribution in [3.63, 3.8) is 0 Å². The van der Waals surface area contributed by atoms with Gasteiger partial charge < -0.3 is 14.3 Å². The summed E-state index contributed by atoms with van der Waals surface area (Å²) in [5.74, 6) is 6.33. The minimum absolute atomic E-state index is 0.0173. The van der Waals surface area contributed by atoms with Crippen LogP contribution in [-0.2, 0) is 14.3 Å². The molecule has 5 aliphatic rings. The van der Waals surface area contributed by atoms with Crippen molar-refractivity contribution in [3.05, 3.63) is 0 Å². The molecule has 12 atom stereocenters. The van der Waals surface area contributed by atoms with Crippen LogP contribution in [0.4, 0.5) is 0 Å². The molecule has 1 unspecified atom stereocenters. The van der Waals surface area contributed by atoms with Gasteiger partial charge in [0.05, 0.1) is 6.10 Å². The lowest BCUT2D eigenvalue weighted by atomic mass is 9.41. The molecule has 0 amide bonds. The second-order valence-corrected chi connectivity index (χ2v) is 14.7. The van der Waals surface area contributed by atoms with Crippen LogP contribution in [0.2, 0.25) is 0 Å². The van der Waals surface area contributed by atoms with Gasteiger partial charge in [0.2, 0.25) is 0 Å². The second kappa shape index (κ2) is 10.6. The van der Waals surface area contributed by atoms with Crippen LogP contribution >= 0.6 is 0 Å². The van der Waals surface area contributed by atoms with Crippen molar-refractivity contribution in [1.29, 1.82) is 0 Å². The average molecular weight is 501 g/mol. The third kappa shape index (κ3) is 4.65. The van der Waals surface area contributed by atoms with Crippen LogP contribution in [0.1, 0.15) is 125 Å². The third-order valence-electron chi connectivity index (χ3n) is 12.8. The van der Waals surface area contributed by atoms with Gasteiger partial charge in [-0.3, -0.25) is 0 Å². The number of Topliss-reactive ketones (excluding diaryl/α,β-unsaturated/α-hetero) is 1. The molecule has 5 rings (SSSR count). The van der Waals surface area contributed by atoms with E-state index < -0.39 is 0 Å². The molecular weight excluding hydrogens is 444 g/mol. The summed E-state index contributed by atoms with van der Waals surface area (Å²) in [6.07, 6.45) is 16.7. The molecule has 0 radical (unpaired) electrons. The van der Waals surface area contributed by atoms with Crippen LogP contribution < -0.4 is 0 Å².